The number of aliphatic hydroxyl groups excluding tert-OH is 1. The Morgan fingerprint density at radius 1 is 1.28 bits per heavy atom. The van der Waals surface area contributed by atoms with Gasteiger partial charge in [-0.2, -0.15) is 0 Å². The van der Waals surface area contributed by atoms with Gasteiger partial charge in [-0.25, -0.2) is 4.39 Å². The molecule has 7 heteroatoms. The number of halogens is 1. The van der Waals surface area contributed by atoms with Crippen molar-refractivity contribution in [2.75, 3.05) is 11.9 Å². The highest BCUT2D eigenvalue weighted by atomic mass is 19.1. The number of benzene rings is 1. The van der Waals surface area contributed by atoms with Gasteiger partial charge in [-0.1, -0.05) is 20.8 Å². The number of rotatable bonds is 5. The minimum absolute atomic E-state index is 0.135. The van der Waals surface area contributed by atoms with Gasteiger partial charge in [0.05, 0.1) is 18.4 Å². The largest absolute Gasteiger partial charge is 0.467 e. The van der Waals surface area contributed by atoms with Gasteiger partial charge in [0, 0.05) is 11.1 Å². The second kappa shape index (κ2) is 7.48. The smallest absolute Gasteiger partial charge is 0.254 e. The number of carbonyl (C=O) groups excluding carboxylic acids is 2. The van der Waals surface area contributed by atoms with E-state index in [0.29, 0.717) is 11.4 Å². The van der Waals surface area contributed by atoms with Crippen LogP contribution in [0.2, 0.25) is 0 Å². The highest BCUT2D eigenvalue weighted by molar-refractivity contribution is 5.98. The van der Waals surface area contributed by atoms with Crippen LogP contribution in [0.3, 0.4) is 0 Å². The summed E-state index contributed by atoms with van der Waals surface area (Å²) in [5, 5.41) is 15.0. The van der Waals surface area contributed by atoms with Gasteiger partial charge in [0.1, 0.15) is 17.7 Å². The number of hydrogen-bond acceptors (Lipinski definition) is 4. The quantitative estimate of drug-likeness (QED) is 0.775. The molecular weight excluding hydrogens is 327 g/mol. The standard InChI is InChI=1S/C18H21FN2O4/c1-18(2,3)17(24)21-11-6-7-13(19)12(9-11)16(23)20-10-14(22)15-5-4-8-25-15/h4-9,14,22H,10H2,1-3H3,(H,20,23)(H,21,24). The first-order valence-electron chi connectivity index (χ1n) is 7.79. The molecule has 2 amide bonds. The van der Waals surface area contributed by atoms with Gasteiger partial charge in [0.25, 0.3) is 5.91 Å². The molecule has 1 heterocycles. The maximum Gasteiger partial charge on any atom is 0.254 e. The van der Waals surface area contributed by atoms with Crippen molar-refractivity contribution in [3.63, 3.8) is 0 Å². The van der Waals surface area contributed by atoms with Crippen LogP contribution in [0, 0.1) is 11.2 Å². The lowest BCUT2D eigenvalue weighted by Gasteiger charge is -2.18. The molecular formula is C18H21FN2O4. The predicted octanol–water partition coefficient (Wildman–Crippen LogP) is 2.87. The van der Waals surface area contributed by atoms with Gasteiger partial charge in [0.2, 0.25) is 5.91 Å². The second-order valence-electron chi connectivity index (χ2n) is 6.64. The molecule has 0 bridgehead atoms. The third-order valence-electron chi connectivity index (χ3n) is 3.48. The van der Waals surface area contributed by atoms with Crippen molar-refractivity contribution in [2.24, 2.45) is 5.41 Å². The maximum absolute atomic E-state index is 13.9. The molecule has 3 N–H and O–H groups in total. The Morgan fingerprint density at radius 2 is 2.00 bits per heavy atom. The summed E-state index contributed by atoms with van der Waals surface area (Å²) in [6.45, 7) is 5.10. The van der Waals surface area contributed by atoms with Crippen molar-refractivity contribution in [1.29, 1.82) is 0 Å². The third-order valence-corrected chi connectivity index (χ3v) is 3.48. The molecule has 0 radical (unpaired) electrons. The lowest BCUT2D eigenvalue weighted by Crippen LogP contribution is -2.30. The average molecular weight is 348 g/mol. The van der Waals surface area contributed by atoms with Crippen LogP contribution in [-0.2, 0) is 4.79 Å². The Morgan fingerprint density at radius 3 is 2.60 bits per heavy atom. The molecule has 0 aliphatic heterocycles. The SMILES string of the molecule is CC(C)(C)C(=O)Nc1ccc(F)c(C(=O)NCC(O)c2ccco2)c1. The average Bonchev–Trinajstić information content (AvgIpc) is 3.07. The number of anilines is 1. The van der Waals surface area contributed by atoms with Crippen LogP contribution in [0.15, 0.2) is 41.0 Å². The zero-order chi connectivity index (χ0) is 18.6. The van der Waals surface area contributed by atoms with Gasteiger partial charge in [-0.05, 0) is 30.3 Å². The van der Waals surface area contributed by atoms with E-state index in [1.807, 2.05) is 0 Å². The fourth-order valence-electron chi connectivity index (χ4n) is 1.96. The molecule has 0 saturated carbocycles. The molecule has 25 heavy (non-hydrogen) atoms. The summed E-state index contributed by atoms with van der Waals surface area (Å²) in [7, 11) is 0. The Labute approximate surface area is 145 Å². The van der Waals surface area contributed by atoms with Crippen LogP contribution in [0.25, 0.3) is 0 Å². The molecule has 1 aromatic heterocycles. The van der Waals surface area contributed by atoms with E-state index in [1.165, 1.54) is 18.4 Å². The van der Waals surface area contributed by atoms with Crippen molar-refractivity contribution < 1.29 is 23.5 Å². The van der Waals surface area contributed by atoms with E-state index in [-0.39, 0.29) is 18.0 Å². The van der Waals surface area contributed by atoms with Crippen molar-refractivity contribution in [3.8, 4) is 0 Å². The van der Waals surface area contributed by atoms with E-state index in [4.69, 9.17) is 4.42 Å². The summed E-state index contributed by atoms with van der Waals surface area (Å²) < 4.78 is 19.0. The van der Waals surface area contributed by atoms with E-state index >= 15 is 0 Å². The number of nitrogens with one attached hydrogen (secondary N) is 2. The molecule has 0 aliphatic carbocycles. The topological polar surface area (TPSA) is 91.6 Å². The summed E-state index contributed by atoms with van der Waals surface area (Å²) in [5.41, 5.74) is -0.527. The zero-order valence-electron chi connectivity index (χ0n) is 14.3. The molecule has 1 aromatic carbocycles. The van der Waals surface area contributed by atoms with Gasteiger partial charge >= 0.3 is 0 Å². The highest BCUT2D eigenvalue weighted by Crippen LogP contribution is 2.20. The van der Waals surface area contributed by atoms with E-state index < -0.39 is 23.2 Å². The van der Waals surface area contributed by atoms with Gasteiger partial charge < -0.3 is 20.2 Å². The molecule has 0 saturated heterocycles. The minimum atomic E-state index is -1.04. The van der Waals surface area contributed by atoms with Crippen molar-refractivity contribution >= 4 is 17.5 Å². The van der Waals surface area contributed by atoms with E-state index in [1.54, 1.807) is 32.9 Å². The van der Waals surface area contributed by atoms with E-state index in [0.717, 1.165) is 6.07 Å². The first-order chi connectivity index (χ1) is 11.7. The van der Waals surface area contributed by atoms with Crippen LogP contribution >= 0.6 is 0 Å². The molecule has 134 valence electrons. The third kappa shape index (κ3) is 4.90. The fourth-order valence-corrected chi connectivity index (χ4v) is 1.96. The minimum Gasteiger partial charge on any atom is -0.467 e. The summed E-state index contributed by atoms with van der Waals surface area (Å²) in [6, 6.07) is 6.93. The number of aliphatic hydroxyl groups is 1. The van der Waals surface area contributed by atoms with Gasteiger partial charge in [-0.3, -0.25) is 9.59 Å². The summed E-state index contributed by atoms with van der Waals surface area (Å²) in [4.78, 5) is 24.2. The molecule has 0 spiro atoms. The number of hydrogen-bond donors (Lipinski definition) is 3. The van der Waals surface area contributed by atoms with Crippen molar-refractivity contribution in [3.05, 3.63) is 53.7 Å². The molecule has 1 atom stereocenters. The van der Waals surface area contributed by atoms with Crippen LogP contribution in [-0.4, -0.2) is 23.5 Å². The Bertz CT molecular complexity index is 751. The van der Waals surface area contributed by atoms with E-state index in [9.17, 15) is 19.1 Å². The zero-order valence-corrected chi connectivity index (χ0v) is 14.3. The fraction of sp³-hybridized carbons (Fsp3) is 0.333. The molecule has 0 aliphatic rings. The molecule has 6 nitrogen and oxygen atoms in total. The first kappa shape index (κ1) is 18.7. The highest BCUT2D eigenvalue weighted by Gasteiger charge is 2.22. The van der Waals surface area contributed by atoms with E-state index in [2.05, 4.69) is 10.6 Å². The summed E-state index contributed by atoms with van der Waals surface area (Å²) in [5.74, 6) is -1.38. The Kier molecular flexibility index (Phi) is 5.58. The van der Waals surface area contributed by atoms with Crippen molar-refractivity contribution in [2.45, 2.75) is 26.9 Å². The van der Waals surface area contributed by atoms with Gasteiger partial charge in [0.15, 0.2) is 0 Å². The molecule has 2 aromatic rings. The first-order valence-corrected chi connectivity index (χ1v) is 7.79. The van der Waals surface area contributed by atoms with Gasteiger partial charge in [-0.15, -0.1) is 0 Å². The normalized spacial score (nSPS) is 12.5. The Hall–Kier alpha value is -2.67. The molecule has 0 fully saturated rings. The second-order valence-corrected chi connectivity index (χ2v) is 6.64. The number of furan rings is 1. The summed E-state index contributed by atoms with van der Waals surface area (Å²) >= 11 is 0. The lowest BCUT2D eigenvalue weighted by molar-refractivity contribution is -0.123. The number of amides is 2. The predicted molar refractivity (Wildman–Crippen MR) is 90.5 cm³/mol. The van der Waals surface area contributed by atoms with Crippen LogP contribution in [0.5, 0.6) is 0 Å². The van der Waals surface area contributed by atoms with Crippen LogP contribution < -0.4 is 10.6 Å². The van der Waals surface area contributed by atoms with Crippen LogP contribution in [0.4, 0.5) is 10.1 Å². The monoisotopic (exact) mass is 348 g/mol. The summed E-state index contributed by atoms with van der Waals surface area (Å²) in [6.07, 6.45) is 0.368. The molecule has 2 rings (SSSR count). The Balaban J connectivity index is 2.06. The number of carbonyl (C=O) groups is 2. The van der Waals surface area contributed by atoms with Crippen LogP contribution in [0.1, 0.15) is 43.0 Å². The maximum atomic E-state index is 13.9. The van der Waals surface area contributed by atoms with Crippen molar-refractivity contribution in [1.82, 2.24) is 5.32 Å². The lowest BCUT2D eigenvalue weighted by atomic mass is 9.95. The molecule has 1 unspecified atom stereocenters.